The first kappa shape index (κ1) is 10.6. The molecule has 0 radical (unpaired) electrons. The summed E-state index contributed by atoms with van der Waals surface area (Å²) in [7, 11) is 1.72. The highest BCUT2D eigenvalue weighted by Gasteiger charge is 2.09. The standard InChI is InChI=1S/C11H15N5/c1-9-4-3-5-13-10(9)6-16-7-14-11(12-2)15-8-16/h3-5,7H,6,8H2,1-2H3,(H,12,15). The molecule has 0 bridgehead atoms. The zero-order valence-electron chi connectivity index (χ0n) is 9.51. The van der Waals surface area contributed by atoms with Gasteiger partial charge in [0.05, 0.1) is 25.2 Å². The third-order valence-electron chi connectivity index (χ3n) is 2.47. The molecule has 1 aliphatic heterocycles. The topological polar surface area (TPSA) is 52.9 Å². The third kappa shape index (κ3) is 2.36. The first-order chi connectivity index (χ1) is 7.79. The van der Waals surface area contributed by atoms with Crippen molar-refractivity contribution in [3.05, 3.63) is 29.6 Å². The average molecular weight is 217 g/mol. The third-order valence-corrected chi connectivity index (χ3v) is 2.47. The van der Waals surface area contributed by atoms with Crippen molar-refractivity contribution in [3.63, 3.8) is 0 Å². The minimum Gasteiger partial charge on any atom is -0.339 e. The van der Waals surface area contributed by atoms with E-state index in [4.69, 9.17) is 0 Å². The molecule has 1 aliphatic rings. The lowest BCUT2D eigenvalue weighted by atomic mass is 10.2. The van der Waals surface area contributed by atoms with Crippen molar-refractivity contribution in [3.8, 4) is 0 Å². The number of nitrogens with one attached hydrogen (secondary N) is 1. The summed E-state index contributed by atoms with van der Waals surface area (Å²) in [6, 6.07) is 4.01. The summed E-state index contributed by atoms with van der Waals surface area (Å²) in [5.74, 6) is 0.675. The minimum atomic E-state index is 0.675. The van der Waals surface area contributed by atoms with Crippen LogP contribution in [0.3, 0.4) is 0 Å². The molecule has 0 saturated carbocycles. The Morgan fingerprint density at radius 3 is 3.06 bits per heavy atom. The molecule has 0 atom stereocenters. The molecule has 0 aromatic carbocycles. The van der Waals surface area contributed by atoms with Gasteiger partial charge in [-0.3, -0.25) is 9.98 Å². The molecule has 16 heavy (non-hydrogen) atoms. The quantitative estimate of drug-likeness (QED) is 0.796. The number of nitrogens with zero attached hydrogens (tertiary/aromatic N) is 4. The second-order valence-electron chi connectivity index (χ2n) is 3.64. The van der Waals surface area contributed by atoms with Crippen LogP contribution in [0.5, 0.6) is 0 Å². The van der Waals surface area contributed by atoms with Gasteiger partial charge in [0.1, 0.15) is 0 Å². The van der Waals surface area contributed by atoms with E-state index in [1.165, 1.54) is 5.56 Å². The zero-order chi connectivity index (χ0) is 11.4. The van der Waals surface area contributed by atoms with Gasteiger partial charge in [-0.25, -0.2) is 4.99 Å². The molecule has 0 amide bonds. The van der Waals surface area contributed by atoms with Crippen LogP contribution in [0, 0.1) is 6.92 Å². The predicted molar refractivity (Wildman–Crippen MR) is 64.4 cm³/mol. The summed E-state index contributed by atoms with van der Waals surface area (Å²) in [6.45, 7) is 3.54. The van der Waals surface area contributed by atoms with E-state index < -0.39 is 0 Å². The number of aromatic nitrogens is 1. The monoisotopic (exact) mass is 217 g/mol. The SMILES string of the molecule is CN=C1N=CN(Cc2ncccc2C)CN1. The first-order valence-corrected chi connectivity index (χ1v) is 5.19. The maximum absolute atomic E-state index is 4.35. The summed E-state index contributed by atoms with van der Waals surface area (Å²) >= 11 is 0. The predicted octanol–water partition coefficient (Wildman–Crippen LogP) is 0.767. The van der Waals surface area contributed by atoms with Crippen molar-refractivity contribution in [2.45, 2.75) is 13.5 Å². The first-order valence-electron chi connectivity index (χ1n) is 5.19. The van der Waals surface area contributed by atoms with Crippen LogP contribution in [0.1, 0.15) is 11.3 Å². The Hall–Kier alpha value is -1.91. The highest BCUT2D eigenvalue weighted by Crippen LogP contribution is 2.06. The Morgan fingerprint density at radius 1 is 1.56 bits per heavy atom. The second-order valence-corrected chi connectivity index (χ2v) is 3.64. The number of aryl methyl sites for hydroxylation is 1. The van der Waals surface area contributed by atoms with Gasteiger partial charge in [-0.15, -0.1) is 0 Å². The summed E-state index contributed by atoms with van der Waals surface area (Å²) in [4.78, 5) is 14.5. The van der Waals surface area contributed by atoms with Gasteiger partial charge in [-0.05, 0) is 18.6 Å². The molecule has 0 saturated heterocycles. The minimum absolute atomic E-state index is 0.675. The maximum Gasteiger partial charge on any atom is 0.220 e. The van der Waals surface area contributed by atoms with E-state index >= 15 is 0 Å². The van der Waals surface area contributed by atoms with Crippen molar-refractivity contribution >= 4 is 12.3 Å². The van der Waals surface area contributed by atoms with Gasteiger partial charge in [0, 0.05) is 13.2 Å². The van der Waals surface area contributed by atoms with Gasteiger partial charge in [0.2, 0.25) is 5.96 Å². The van der Waals surface area contributed by atoms with Gasteiger partial charge >= 0.3 is 0 Å². The van der Waals surface area contributed by atoms with Crippen molar-refractivity contribution in [2.75, 3.05) is 13.7 Å². The van der Waals surface area contributed by atoms with Crippen LogP contribution in [0.2, 0.25) is 0 Å². The lowest BCUT2D eigenvalue weighted by Crippen LogP contribution is -2.40. The van der Waals surface area contributed by atoms with Crippen molar-refractivity contribution in [1.29, 1.82) is 0 Å². The van der Waals surface area contributed by atoms with Gasteiger partial charge in [0.25, 0.3) is 0 Å². The van der Waals surface area contributed by atoms with Crippen molar-refractivity contribution < 1.29 is 0 Å². The Kier molecular flexibility index (Phi) is 3.14. The Balaban J connectivity index is 2.05. The van der Waals surface area contributed by atoms with E-state index in [0.717, 1.165) is 12.2 Å². The fraction of sp³-hybridized carbons (Fsp3) is 0.364. The molecule has 2 heterocycles. The molecule has 0 aliphatic carbocycles. The summed E-state index contributed by atoms with van der Waals surface area (Å²) < 4.78 is 0. The molecule has 5 nitrogen and oxygen atoms in total. The average Bonchev–Trinajstić information content (AvgIpc) is 2.33. The molecule has 0 spiro atoms. The van der Waals surface area contributed by atoms with E-state index in [9.17, 15) is 0 Å². The van der Waals surface area contributed by atoms with Crippen LogP contribution >= 0.6 is 0 Å². The lowest BCUT2D eigenvalue weighted by Gasteiger charge is -2.24. The number of rotatable bonds is 2. The molecule has 1 aromatic heterocycles. The van der Waals surface area contributed by atoms with Crippen molar-refractivity contribution in [2.24, 2.45) is 9.98 Å². The Bertz CT molecular complexity index is 424. The molecule has 0 unspecified atom stereocenters. The number of aliphatic imine (C=N–C) groups is 2. The summed E-state index contributed by atoms with van der Waals surface area (Å²) in [5, 5.41) is 3.11. The summed E-state index contributed by atoms with van der Waals surface area (Å²) in [5.41, 5.74) is 2.28. The van der Waals surface area contributed by atoms with Crippen LogP contribution in [0.4, 0.5) is 0 Å². The van der Waals surface area contributed by atoms with Crippen LogP contribution in [0.25, 0.3) is 0 Å². The molecular formula is C11H15N5. The number of pyridine rings is 1. The van der Waals surface area contributed by atoms with Gasteiger partial charge in [-0.2, -0.15) is 0 Å². The van der Waals surface area contributed by atoms with Crippen LogP contribution in [0.15, 0.2) is 28.3 Å². The molecule has 5 heteroatoms. The largest absolute Gasteiger partial charge is 0.339 e. The highest BCUT2D eigenvalue weighted by atomic mass is 15.3. The van der Waals surface area contributed by atoms with E-state index in [-0.39, 0.29) is 0 Å². The van der Waals surface area contributed by atoms with Gasteiger partial charge < -0.3 is 10.2 Å². The highest BCUT2D eigenvalue weighted by molar-refractivity contribution is 5.88. The van der Waals surface area contributed by atoms with Crippen LogP contribution in [-0.2, 0) is 6.54 Å². The normalized spacial score (nSPS) is 17.6. The number of hydrogen-bond acceptors (Lipinski definition) is 3. The maximum atomic E-state index is 4.35. The van der Waals surface area contributed by atoms with E-state index in [2.05, 4.69) is 38.2 Å². The van der Waals surface area contributed by atoms with E-state index in [1.807, 2.05) is 12.3 Å². The smallest absolute Gasteiger partial charge is 0.220 e. The van der Waals surface area contributed by atoms with E-state index in [1.54, 1.807) is 13.4 Å². The lowest BCUT2D eigenvalue weighted by molar-refractivity contribution is 0.401. The summed E-state index contributed by atoms with van der Waals surface area (Å²) in [6.07, 6.45) is 3.61. The van der Waals surface area contributed by atoms with Crippen molar-refractivity contribution in [1.82, 2.24) is 15.2 Å². The fourth-order valence-electron chi connectivity index (χ4n) is 1.50. The van der Waals surface area contributed by atoms with Crippen LogP contribution in [-0.4, -0.2) is 35.9 Å². The fourth-order valence-corrected chi connectivity index (χ4v) is 1.50. The number of guanidine groups is 1. The zero-order valence-corrected chi connectivity index (χ0v) is 9.51. The molecule has 84 valence electrons. The van der Waals surface area contributed by atoms with E-state index in [0.29, 0.717) is 12.6 Å². The van der Waals surface area contributed by atoms with Gasteiger partial charge in [-0.1, -0.05) is 6.07 Å². The Labute approximate surface area is 94.9 Å². The second kappa shape index (κ2) is 4.74. The number of hydrogen-bond donors (Lipinski definition) is 1. The van der Waals surface area contributed by atoms with Gasteiger partial charge in [0.15, 0.2) is 0 Å². The van der Waals surface area contributed by atoms with Crippen LogP contribution < -0.4 is 5.32 Å². The molecule has 2 rings (SSSR count). The molecular weight excluding hydrogens is 202 g/mol. The molecule has 1 aromatic rings. The molecule has 0 fully saturated rings. The Morgan fingerprint density at radius 2 is 2.44 bits per heavy atom. The molecule has 1 N–H and O–H groups in total.